The van der Waals surface area contributed by atoms with E-state index in [1.165, 1.54) is 16.7 Å². The molecule has 0 saturated carbocycles. The lowest BCUT2D eigenvalue weighted by Crippen LogP contribution is -2.26. The van der Waals surface area contributed by atoms with Crippen LogP contribution < -0.4 is 10.9 Å². The number of rotatable bonds is 5. The van der Waals surface area contributed by atoms with E-state index in [1.807, 2.05) is 0 Å². The molecule has 21 heavy (non-hydrogen) atoms. The van der Waals surface area contributed by atoms with Crippen LogP contribution in [-0.2, 0) is 6.42 Å². The number of thiazole rings is 1. The zero-order valence-electron chi connectivity index (χ0n) is 10.6. The topological polar surface area (TPSA) is 132 Å². The van der Waals surface area contributed by atoms with Crippen molar-refractivity contribution < 1.29 is 19.8 Å². The Kier molecular flexibility index (Phi) is 4.33. The fraction of sp³-hybridized carbons (Fsp3) is 0.167. The van der Waals surface area contributed by atoms with Gasteiger partial charge in [0.15, 0.2) is 11.6 Å². The van der Waals surface area contributed by atoms with E-state index >= 15 is 0 Å². The Morgan fingerprint density at radius 2 is 2.14 bits per heavy atom. The minimum Gasteiger partial charge on any atom is -0.494 e. The van der Waals surface area contributed by atoms with Crippen LogP contribution in [0.1, 0.15) is 25.9 Å². The van der Waals surface area contributed by atoms with Crippen LogP contribution in [-0.4, -0.2) is 38.6 Å². The van der Waals surface area contributed by atoms with Crippen LogP contribution in [0.5, 0.6) is 5.88 Å². The number of H-pyrrole nitrogens is 1. The van der Waals surface area contributed by atoms with Crippen molar-refractivity contribution in [3.05, 3.63) is 44.1 Å². The molecule has 1 amide bonds. The van der Waals surface area contributed by atoms with Crippen molar-refractivity contribution in [2.45, 2.75) is 6.42 Å². The Balaban J connectivity index is 1.91. The number of aromatic carboxylic acids is 1. The Bertz CT molecular complexity index is 736. The molecular formula is C12H11N3O5S. The maximum absolute atomic E-state index is 11.8. The predicted molar refractivity (Wildman–Crippen MR) is 73.8 cm³/mol. The van der Waals surface area contributed by atoms with Gasteiger partial charge in [-0.1, -0.05) is 0 Å². The van der Waals surface area contributed by atoms with Crippen molar-refractivity contribution in [2.75, 3.05) is 6.54 Å². The maximum atomic E-state index is 11.8. The number of aromatic hydroxyl groups is 1. The molecule has 2 aromatic heterocycles. The lowest BCUT2D eigenvalue weighted by Gasteiger charge is -2.03. The highest BCUT2D eigenvalue weighted by atomic mass is 32.1. The van der Waals surface area contributed by atoms with Gasteiger partial charge in [0, 0.05) is 30.5 Å². The molecule has 2 aromatic rings. The number of carboxylic acids is 1. The van der Waals surface area contributed by atoms with Gasteiger partial charge >= 0.3 is 5.97 Å². The van der Waals surface area contributed by atoms with E-state index in [1.54, 1.807) is 0 Å². The molecule has 110 valence electrons. The first-order chi connectivity index (χ1) is 9.95. The summed E-state index contributed by atoms with van der Waals surface area (Å²) in [7, 11) is 0. The number of hydrogen-bond donors (Lipinski definition) is 4. The third-order valence-electron chi connectivity index (χ3n) is 2.49. The summed E-state index contributed by atoms with van der Waals surface area (Å²) < 4.78 is 0. The number of carboxylic acid groups (broad SMARTS) is 1. The molecule has 2 heterocycles. The van der Waals surface area contributed by atoms with E-state index < -0.39 is 23.3 Å². The molecule has 0 saturated heterocycles. The second-order valence-corrected chi connectivity index (χ2v) is 5.00. The molecule has 8 nitrogen and oxygen atoms in total. The van der Waals surface area contributed by atoms with Gasteiger partial charge in [0.05, 0.1) is 10.6 Å². The molecule has 0 spiro atoms. The van der Waals surface area contributed by atoms with Crippen LogP contribution in [0.4, 0.5) is 0 Å². The van der Waals surface area contributed by atoms with Gasteiger partial charge in [-0.2, -0.15) is 0 Å². The van der Waals surface area contributed by atoms with Crippen molar-refractivity contribution in [3.63, 3.8) is 0 Å². The number of carbonyl (C=O) groups is 2. The summed E-state index contributed by atoms with van der Waals surface area (Å²) in [5, 5.41) is 22.5. The van der Waals surface area contributed by atoms with E-state index in [-0.39, 0.29) is 17.8 Å². The van der Waals surface area contributed by atoms with Crippen molar-refractivity contribution in [2.24, 2.45) is 0 Å². The number of aromatic amines is 1. The average molecular weight is 309 g/mol. The fourth-order valence-electron chi connectivity index (χ4n) is 1.57. The minimum absolute atomic E-state index is 0.0270. The Labute approximate surface area is 122 Å². The Morgan fingerprint density at radius 1 is 1.38 bits per heavy atom. The summed E-state index contributed by atoms with van der Waals surface area (Å²) in [6.07, 6.45) is 0.374. The molecule has 0 aliphatic heterocycles. The number of hydrogen-bond acceptors (Lipinski definition) is 6. The van der Waals surface area contributed by atoms with Crippen LogP contribution in [0, 0.1) is 0 Å². The highest BCUT2D eigenvalue weighted by Gasteiger charge is 2.10. The largest absolute Gasteiger partial charge is 0.494 e. The molecule has 0 bridgehead atoms. The molecule has 9 heteroatoms. The monoisotopic (exact) mass is 309 g/mol. The Morgan fingerprint density at radius 3 is 2.76 bits per heavy atom. The van der Waals surface area contributed by atoms with Crippen LogP contribution in [0.2, 0.25) is 0 Å². The van der Waals surface area contributed by atoms with Crippen molar-refractivity contribution in [3.8, 4) is 5.88 Å². The van der Waals surface area contributed by atoms with E-state index in [9.17, 15) is 19.5 Å². The number of amides is 1. The molecule has 0 aliphatic rings. The summed E-state index contributed by atoms with van der Waals surface area (Å²) in [4.78, 5) is 39.5. The number of aromatic nitrogens is 2. The second kappa shape index (κ2) is 6.18. The van der Waals surface area contributed by atoms with Gasteiger partial charge in [-0.25, -0.2) is 9.78 Å². The molecule has 4 N–H and O–H groups in total. The highest BCUT2D eigenvalue weighted by molar-refractivity contribution is 7.09. The van der Waals surface area contributed by atoms with E-state index in [4.69, 9.17) is 5.11 Å². The highest BCUT2D eigenvalue weighted by Crippen LogP contribution is 2.10. The number of nitrogens with zero attached hydrogens (tertiary/aromatic N) is 1. The van der Waals surface area contributed by atoms with Gasteiger partial charge < -0.3 is 15.5 Å². The molecule has 0 aliphatic carbocycles. The first-order valence-electron chi connectivity index (χ1n) is 5.85. The lowest BCUT2D eigenvalue weighted by atomic mass is 10.2. The van der Waals surface area contributed by atoms with Gasteiger partial charge in [-0.3, -0.25) is 14.6 Å². The molecule has 2 rings (SSSR count). The summed E-state index contributed by atoms with van der Waals surface area (Å²) in [5.41, 5.74) is -0.561. The van der Waals surface area contributed by atoms with Crippen LogP contribution >= 0.6 is 11.3 Å². The van der Waals surface area contributed by atoms with Gasteiger partial charge in [-0.15, -0.1) is 11.3 Å². The fourth-order valence-corrected chi connectivity index (χ4v) is 2.34. The van der Waals surface area contributed by atoms with E-state index in [2.05, 4.69) is 15.3 Å². The second-order valence-electron chi connectivity index (χ2n) is 4.06. The first kappa shape index (κ1) is 14.7. The summed E-state index contributed by atoms with van der Waals surface area (Å²) in [6.45, 7) is 0.235. The molecule has 0 atom stereocenters. The third kappa shape index (κ3) is 3.89. The maximum Gasteiger partial charge on any atom is 0.355 e. The lowest BCUT2D eigenvalue weighted by molar-refractivity contribution is 0.0690. The predicted octanol–water partition coefficient (Wildman–Crippen LogP) is 0.208. The van der Waals surface area contributed by atoms with Gasteiger partial charge in [0.2, 0.25) is 0 Å². The standard InChI is InChI=1S/C12H11N3O5S/c16-8-3-6(4-9(17)15-8)11(18)13-2-1-10-14-7(5-21-10)12(19)20/h3-5H,1-2H2,(H,13,18)(H,19,20)(H2,15,16,17). The number of nitrogens with one attached hydrogen (secondary N) is 2. The van der Waals surface area contributed by atoms with E-state index in [0.29, 0.717) is 11.4 Å². The SMILES string of the molecule is O=C(NCCc1nc(C(=O)O)cs1)c1cc(O)[nH]c(=O)c1. The zero-order chi connectivity index (χ0) is 15.4. The van der Waals surface area contributed by atoms with Gasteiger partial charge in [-0.05, 0) is 0 Å². The van der Waals surface area contributed by atoms with Crippen LogP contribution in [0.25, 0.3) is 0 Å². The smallest absolute Gasteiger partial charge is 0.355 e. The number of carbonyl (C=O) groups excluding carboxylic acids is 1. The molecule has 0 radical (unpaired) electrons. The molecule has 0 unspecified atom stereocenters. The van der Waals surface area contributed by atoms with Gasteiger partial charge in [0.1, 0.15) is 0 Å². The molecular weight excluding hydrogens is 298 g/mol. The molecule has 0 aromatic carbocycles. The minimum atomic E-state index is -1.10. The average Bonchev–Trinajstić information content (AvgIpc) is 2.86. The van der Waals surface area contributed by atoms with Crippen molar-refractivity contribution in [1.82, 2.24) is 15.3 Å². The van der Waals surface area contributed by atoms with E-state index in [0.717, 1.165) is 12.1 Å². The van der Waals surface area contributed by atoms with Crippen molar-refractivity contribution in [1.29, 1.82) is 0 Å². The van der Waals surface area contributed by atoms with Crippen LogP contribution in [0.3, 0.4) is 0 Å². The van der Waals surface area contributed by atoms with Crippen molar-refractivity contribution >= 4 is 23.2 Å². The first-order valence-corrected chi connectivity index (χ1v) is 6.73. The summed E-state index contributed by atoms with van der Waals surface area (Å²) >= 11 is 1.19. The normalized spacial score (nSPS) is 10.3. The van der Waals surface area contributed by atoms with Crippen LogP contribution in [0.15, 0.2) is 22.3 Å². The summed E-state index contributed by atoms with van der Waals surface area (Å²) in [5.74, 6) is -1.99. The zero-order valence-corrected chi connectivity index (χ0v) is 11.4. The number of pyridine rings is 1. The summed E-state index contributed by atoms with van der Waals surface area (Å²) in [6, 6.07) is 2.21. The molecule has 0 fully saturated rings. The third-order valence-corrected chi connectivity index (χ3v) is 3.40. The quantitative estimate of drug-likeness (QED) is 0.624. The Hall–Kier alpha value is -2.68. The van der Waals surface area contributed by atoms with Gasteiger partial charge in [0.25, 0.3) is 11.5 Å².